The first-order chi connectivity index (χ1) is 17.9. The van der Waals surface area contributed by atoms with Crippen LogP contribution in [-0.4, -0.2) is 35.8 Å². The lowest BCUT2D eigenvalue weighted by Gasteiger charge is -2.23. The molecule has 4 aromatic rings. The van der Waals surface area contributed by atoms with E-state index < -0.39 is 6.04 Å². The van der Waals surface area contributed by atoms with E-state index in [4.69, 9.17) is 26.2 Å². The molecular weight excluding hydrogens is 490 g/mol. The quantitative estimate of drug-likeness (QED) is 0.344. The molecule has 0 spiro atoms. The molecule has 0 saturated heterocycles. The number of carbonyl (C=O) groups is 1. The topological polar surface area (TPSA) is 84.0 Å². The Morgan fingerprint density at radius 3 is 2.51 bits per heavy atom. The first-order valence-electron chi connectivity index (χ1n) is 12.0. The molecule has 0 aliphatic carbocycles. The molecule has 1 aromatic heterocycles. The van der Waals surface area contributed by atoms with Gasteiger partial charge >= 0.3 is 0 Å². The second-order valence-corrected chi connectivity index (χ2v) is 9.16. The van der Waals surface area contributed by atoms with Gasteiger partial charge < -0.3 is 14.5 Å². The molecule has 0 radical (unpaired) electrons. The fourth-order valence-corrected chi connectivity index (χ4v) is 4.96. The van der Waals surface area contributed by atoms with Crippen molar-refractivity contribution in [2.24, 2.45) is 5.10 Å². The number of nitrogens with one attached hydrogen (secondary N) is 1. The van der Waals surface area contributed by atoms with Crippen LogP contribution in [0.4, 0.5) is 0 Å². The van der Waals surface area contributed by atoms with Crippen molar-refractivity contribution >= 4 is 34.1 Å². The molecule has 3 aromatic carbocycles. The van der Waals surface area contributed by atoms with E-state index in [0.717, 1.165) is 22.1 Å². The number of aromatic nitrogens is 1. The molecule has 188 valence electrons. The standard InChI is InChI=1S/C29H26ClN3O4/c1-4-26(34)33-24(21-15-19(36-2)13-14-25(21)37-3)16-23(32-33)28-27(17-9-11-18(30)12-10-17)20-7-5-6-8-22(20)31-29(28)35/h5-15,24H,4,16H2,1-3H3,(H,31,35)/t24-/m1/s1. The van der Waals surface area contributed by atoms with Gasteiger partial charge in [0.15, 0.2) is 0 Å². The summed E-state index contributed by atoms with van der Waals surface area (Å²) >= 11 is 6.17. The number of amides is 1. The van der Waals surface area contributed by atoms with Gasteiger partial charge in [0.05, 0.1) is 31.5 Å². The van der Waals surface area contributed by atoms with Gasteiger partial charge in [-0.3, -0.25) is 9.59 Å². The number of hydrogen-bond acceptors (Lipinski definition) is 5. The molecule has 8 heteroatoms. The average Bonchev–Trinajstić information content (AvgIpc) is 3.36. The number of hydrogen-bond donors (Lipinski definition) is 1. The van der Waals surface area contributed by atoms with Crippen molar-refractivity contribution < 1.29 is 14.3 Å². The number of ether oxygens (including phenoxy) is 2. The van der Waals surface area contributed by atoms with Gasteiger partial charge in [-0.2, -0.15) is 5.10 Å². The minimum Gasteiger partial charge on any atom is -0.497 e. The van der Waals surface area contributed by atoms with Crippen molar-refractivity contribution in [2.75, 3.05) is 14.2 Å². The van der Waals surface area contributed by atoms with Crippen molar-refractivity contribution in [3.8, 4) is 22.6 Å². The van der Waals surface area contributed by atoms with Crippen molar-refractivity contribution in [3.63, 3.8) is 0 Å². The van der Waals surface area contributed by atoms with Gasteiger partial charge in [-0.15, -0.1) is 0 Å². The highest BCUT2D eigenvalue weighted by Gasteiger charge is 2.36. The molecule has 0 fully saturated rings. The molecule has 1 atom stereocenters. The maximum atomic E-state index is 13.6. The summed E-state index contributed by atoms with van der Waals surface area (Å²) in [5, 5.41) is 7.68. The molecule has 2 heterocycles. The van der Waals surface area contributed by atoms with Crippen LogP contribution in [0.15, 0.2) is 76.6 Å². The SMILES string of the molecule is CCC(=O)N1N=C(c2c(-c3ccc(Cl)cc3)c3ccccc3[nH]c2=O)C[C@@H]1c1cc(OC)ccc1OC. The van der Waals surface area contributed by atoms with Crippen molar-refractivity contribution in [3.05, 3.63) is 93.2 Å². The third-order valence-corrected chi connectivity index (χ3v) is 6.86. The number of halogens is 1. The van der Waals surface area contributed by atoms with Crippen LogP contribution in [0.2, 0.25) is 5.02 Å². The van der Waals surface area contributed by atoms with Crippen molar-refractivity contribution in [1.82, 2.24) is 9.99 Å². The molecule has 1 aliphatic heterocycles. The number of methoxy groups -OCH3 is 2. The zero-order valence-corrected chi connectivity index (χ0v) is 21.5. The summed E-state index contributed by atoms with van der Waals surface area (Å²) in [7, 11) is 3.17. The summed E-state index contributed by atoms with van der Waals surface area (Å²) in [6, 6.07) is 20.0. The predicted octanol–water partition coefficient (Wildman–Crippen LogP) is 5.95. The Morgan fingerprint density at radius 1 is 1.05 bits per heavy atom. The van der Waals surface area contributed by atoms with Gasteiger partial charge in [-0.25, -0.2) is 5.01 Å². The first-order valence-corrected chi connectivity index (χ1v) is 12.4. The number of para-hydroxylation sites is 1. The highest BCUT2D eigenvalue weighted by Crippen LogP contribution is 2.41. The summed E-state index contributed by atoms with van der Waals surface area (Å²) in [6.45, 7) is 1.79. The normalized spacial score (nSPS) is 15.1. The number of pyridine rings is 1. The van der Waals surface area contributed by atoms with Gasteiger partial charge in [-0.1, -0.05) is 48.9 Å². The Bertz CT molecular complexity index is 1580. The highest BCUT2D eigenvalue weighted by molar-refractivity contribution is 6.30. The van der Waals surface area contributed by atoms with Gasteiger partial charge in [0.2, 0.25) is 5.91 Å². The summed E-state index contributed by atoms with van der Waals surface area (Å²) in [5.74, 6) is 1.09. The molecule has 1 aliphatic rings. The Labute approximate surface area is 219 Å². The summed E-state index contributed by atoms with van der Waals surface area (Å²) in [6.07, 6.45) is 0.592. The van der Waals surface area contributed by atoms with E-state index in [1.165, 1.54) is 5.01 Å². The number of rotatable bonds is 6. The first kappa shape index (κ1) is 24.6. The van der Waals surface area contributed by atoms with Gasteiger partial charge in [-0.05, 0) is 42.0 Å². The van der Waals surface area contributed by atoms with Crippen LogP contribution in [-0.2, 0) is 4.79 Å². The molecule has 0 saturated carbocycles. The fraction of sp³-hybridized carbons (Fsp3) is 0.207. The minimum absolute atomic E-state index is 0.157. The number of H-pyrrole nitrogens is 1. The highest BCUT2D eigenvalue weighted by atomic mass is 35.5. The smallest absolute Gasteiger partial charge is 0.258 e. The van der Waals surface area contributed by atoms with Gasteiger partial charge in [0.25, 0.3) is 5.56 Å². The molecule has 37 heavy (non-hydrogen) atoms. The van der Waals surface area contributed by atoms with Crippen LogP contribution in [0.3, 0.4) is 0 Å². The number of aromatic amines is 1. The predicted molar refractivity (Wildman–Crippen MR) is 146 cm³/mol. The lowest BCUT2D eigenvalue weighted by molar-refractivity contribution is -0.132. The van der Waals surface area contributed by atoms with Gasteiger partial charge in [0, 0.05) is 39.9 Å². The lowest BCUT2D eigenvalue weighted by atomic mass is 9.90. The molecular formula is C29H26ClN3O4. The van der Waals surface area contributed by atoms with Crippen LogP contribution in [0, 0.1) is 0 Å². The Kier molecular flexibility index (Phi) is 6.72. The zero-order valence-electron chi connectivity index (χ0n) is 20.7. The van der Waals surface area contributed by atoms with E-state index in [1.807, 2.05) is 48.5 Å². The fourth-order valence-electron chi connectivity index (χ4n) is 4.83. The number of hydrazone groups is 1. The molecule has 7 nitrogen and oxygen atoms in total. The third-order valence-electron chi connectivity index (χ3n) is 6.61. The van der Waals surface area contributed by atoms with Crippen molar-refractivity contribution in [1.29, 1.82) is 0 Å². The number of benzene rings is 3. The summed E-state index contributed by atoms with van der Waals surface area (Å²) in [5.41, 5.74) is 3.73. The largest absolute Gasteiger partial charge is 0.497 e. The van der Waals surface area contributed by atoms with E-state index in [0.29, 0.717) is 39.7 Å². The second kappa shape index (κ2) is 10.1. The minimum atomic E-state index is -0.462. The van der Waals surface area contributed by atoms with Crippen LogP contribution < -0.4 is 15.0 Å². The van der Waals surface area contributed by atoms with E-state index in [-0.39, 0.29) is 17.9 Å². The van der Waals surface area contributed by atoms with E-state index >= 15 is 0 Å². The molecule has 5 rings (SSSR count). The van der Waals surface area contributed by atoms with E-state index in [1.54, 1.807) is 39.3 Å². The Morgan fingerprint density at radius 2 is 1.81 bits per heavy atom. The van der Waals surface area contributed by atoms with Crippen LogP contribution in [0.5, 0.6) is 11.5 Å². The number of carbonyl (C=O) groups excluding carboxylic acids is 1. The molecule has 1 N–H and O–H groups in total. The van der Waals surface area contributed by atoms with Crippen LogP contribution in [0.1, 0.15) is 36.9 Å². The average molecular weight is 516 g/mol. The second-order valence-electron chi connectivity index (χ2n) is 8.72. The maximum absolute atomic E-state index is 13.6. The Balaban J connectivity index is 1.73. The monoisotopic (exact) mass is 515 g/mol. The lowest BCUT2D eigenvalue weighted by Crippen LogP contribution is -2.26. The third kappa shape index (κ3) is 4.47. The maximum Gasteiger partial charge on any atom is 0.258 e. The molecule has 0 unspecified atom stereocenters. The zero-order chi connectivity index (χ0) is 26.1. The summed E-state index contributed by atoms with van der Waals surface area (Å²) in [4.78, 5) is 29.6. The molecule has 0 bridgehead atoms. The van der Waals surface area contributed by atoms with Crippen molar-refractivity contribution in [2.45, 2.75) is 25.8 Å². The summed E-state index contributed by atoms with van der Waals surface area (Å²) < 4.78 is 11.1. The number of fused-ring (bicyclic) bond motifs is 1. The van der Waals surface area contributed by atoms with E-state index in [9.17, 15) is 9.59 Å². The molecule has 1 amide bonds. The Hall–Kier alpha value is -4.10. The van der Waals surface area contributed by atoms with Crippen LogP contribution >= 0.6 is 11.6 Å². The van der Waals surface area contributed by atoms with Crippen LogP contribution in [0.25, 0.3) is 22.0 Å². The van der Waals surface area contributed by atoms with E-state index in [2.05, 4.69) is 4.98 Å². The number of nitrogens with zero attached hydrogens (tertiary/aromatic N) is 2. The van der Waals surface area contributed by atoms with Gasteiger partial charge in [0.1, 0.15) is 11.5 Å².